The summed E-state index contributed by atoms with van der Waals surface area (Å²) in [5.74, 6) is 2.13. The van der Waals surface area contributed by atoms with Gasteiger partial charge in [0.15, 0.2) is 0 Å². The van der Waals surface area contributed by atoms with Gasteiger partial charge in [-0.15, -0.1) is 0 Å². The van der Waals surface area contributed by atoms with Gasteiger partial charge in [0.25, 0.3) is 0 Å². The first-order chi connectivity index (χ1) is 8.76. The van der Waals surface area contributed by atoms with Crippen molar-refractivity contribution in [3.63, 3.8) is 0 Å². The zero-order valence-electron chi connectivity index (χ0n) is 11.4. The van der Waals surface area contributed by atoms with Crippen molar-refractivity contribution in [3.8, 4) is 0 Å². The van der Waals surface area contributed by atoms with E-state index in [4.69, 9.17) is 4.98 Å². The van der Waals surface area contributed by atoms with E-state index in [0.29, 0.717) is 0 Å². The van der Waals surface area contributed by atoms with Gasteiger partial charge in [-0.05, 0) is 56.3 Å². The Morgan fingerprint density at radius 2 is 2.28 bits per heavy atom. The van der Waals surface area contributed by atoms with E-state index < -0.39 is 0 Å². The highest BCUT2D eigenvalue weighted by atomic mass is 15.2. The Morgan fingerprint density at radius 1 is 1.39 bits per heavy atom. The molecule has 3 heteroatoms. The molecule has 0 spiro atoms. The first-order valence-electron chi connectivity index (χ1n) is 7.21. The van der Waals surface area contributed by atoms with Crippen molar-refractivity contribution in [2.75, 3.05) is 18.0 Å². The molecule has 1 aromatic rings. The number of pyridine rings is 1. The maximum Gasteiger partial charge on any atom is 0.129 e. The molecular weight excluding hydrogens is 222 g/mol. The van der Waals surface area contributed by atoms with Gasteiger partial charge in [-0.25, -0.2) is 4.98 Å². The first-order valence-corrected chi connectivity index (χ1v) is 7.21. The lowest BCUT2D eigenvalue weighted by molar-refractivity contribution is 0.550. The number of nitrogens with zero attached hydrogens (tertiary/aromatic N) is 2. The molecule has 3 nitrogen and oxygen atoms in total. The quantitative estimate of drug-likeness (QED) is 0.883. The standard InChI is InChI=1S/C15H23N3/c1-3-16-9-13-6-11(2)17-15(8-13)18-10-12-4-5-14(18)7-12/h6,8,12,14,16H,3-5,7,9-10H2,1-2H3. The fraction of sp³-hybridized carbons (Fsp3) is 0.667. The lowest BCUT2D eigenvalue weighted by Gasteiger charge is -2.28. The Morgan fingerprint density at radius 3 is 2.94 bits per heavy atom. The minimum absolute atomic E-state index is 0.760. The molecule has 2 aliphatic rings. The van der Waals surface area contributed by atoms with Crippen LogP contribution in [0, 0.1) is 12.8 Å². The lowest BCUT2D eigenvalue weighted by atomic mass is 10.1. The van der Waals surface area contributed by atoms with Crippen molar-refractivity contribution in [1.82, 2.24) is 10.3 Å². The van der Waals surface area contributed by atoms with E-state index in [9.17, 15) is 0 Å². The average Bonchev–Trinajstić information content (AvgIpc) is 2.98. The summed E-state index contributed by atoms with van der Waals surface area (Å²) >= 11 is 0. The van der Waals surface area contributed by atoms with Crippen LogP contribution in [0.25, 0.3) is 0 Å². The molecule has 1 saturated heterocycles. The van der Waals surface area contributed by atoms with Crippen LogP contribution in [0.15, 0.2) is 12.1 Å². The number of aryl methyl sites for hydroxylation is 1. The third-order valence-electron chi connectivity index (χ3n) is 4.28. The minimum atomic E-state index is 0.760. The minimum Gasteiger partial charge on any atom is -0.353 e. The molecule has 1 aromatic heterocycles. The first kappa shape index (κ1) is 12.0. The maximum atomic E-state index is 4.74. The largest absolute Gasteiger partial charge is 0.353 e. The molecule has 1 aliphatic heterocycles. The molecule has 98 valence electrons. The van der Waals surface area contributed by atoms with Gasteiger partial charge in [0, 0.05) is 24.8 Å². The average molecular weight is 245 g/mol. The van der Waals surface area contributed by atoms with Crippen molar-refractivity contribution in [1.29, 1.82) is 0 Å². The summed E-state index contributed by atoms with van der Waals surface area (Å²) < 4.78 is 0. The smallest absolute Gasteiger partial charge is 0.129 e. The summed E-state index contributed by atoms with van der Waals surface area (Å²) in [6.07, 6.45) is 4.18. The van der Waals surface area contributed by atoms with Gasteiger partial charge in [-0.3, -0.25) is 0 Å². The Bertz CT molecular complexity index is 430. The normalized spacial score (nSPS) is 26.0. The van der Waals surface area contributed by atoms with E-state index in [-0.39, 0.29) is 0 Å². The molecule has 1 saturated carbocycles. The maximum absolute atomic E-state index is 4.74. The molecule has 2 fully saturated rings. The molecule has 1 N–H and O–H groups in total. The summed E-state index contributed by atoms with van der Waals surface area (Å²) in [6.45, 7) is 7.45. The fourth-order valence-electron chi connectivity index (χ4n) is 3.44. The fourth-order valence-corrected chi connectivity index (χ4v) is 3.44. The summed E-state index contributed by atoms with van der Waals surface area (Å²) in [5.41, 5.74) is 2.50. The number of fused-ring (bicyclic) bond motifs is 2. The monoisotopic (exact) mass is 245 g/mol. The van der Waals surface area contributed by atoms with Crippen molar-refractivity contribution in [3.05, 3.63) is 23.4 Å². The second-order valence-electron chi connectivity index (χ2n) is 5.74. The van der Waals surface area contributed by atoms with Crippen LogP contribution in [0.5, 0.6) is 0 Å². The van der Waals surface area contributed by atoms with Crippen LogP contribution >= 0.6 is 0 Å². The van der Waals surface area contributed by atoms with Gasteiger partial charge in [0.1, 0.15) is 5.82 Å². The van der Waals surface area contributed by atoms with Crippen molar-refractivity contribution in [2.24, 2.45) is 5.92 Å². The summed E-state index contributed by atoms with van der Waals surface area (Å²) in [5, 5.41) is 3.40. The molecular formula is C15H23N3. The topological polar surface area (TPSA) is 28.2 Å². The number of rotatable bonds is 4. The van der Waals surface area contributed by atoms with Gasteiger partial charge in [0.2, 0.25) is 0 Å². The zero-order chi connectivity index (χ0) is 12.5. The van der Waals surface area contributed by atoms with Gasteiger partial charge < -0.3 is 10.2 Å². The molecule has 1 aliphatic carbocycles. The number of piperidine rings is 1. The van der Waals surface area contributed by atoms with Crippen LogP contribution in [0.3, 0.4) is 0 Å². The van der Waals surface area contributed by atoms with Crippen molar-refractivity contribution in [2.45, 2.75) is 45.7 Å². The van der Waals surface area contributed by atoms with Gasteiger partial charge in [-0.2, -0.15) is 0 Å². The lowest BCUT2D eigenvalue weighted by Crippen LogP contribution is -2.32. The molecule has 0 amide bonds. The van der Waals surface area contributed by atoms with Gasteiger partial charge >= 0.3 is 0 Å². The predicted molar refractivity (Wildman–Crippen MR) is 74.8 cm³/mol. The van der Waals surface area contributed by atoms with Crippen LogP contribution in [-0.2, 0) is 6.54 Å². The molecule has 2 atom stereocenters. The third-order valence-corrected chi connectivity index (χ3v) is 4.28. The SMILES string of the molecule is CCNCc1cc(C)nc(N2CC3CCC2C3)c1. The summed E-state index contributed by atoms with van der Waals surface area (Å²) in [6, 6.07) is 5.23. The van der Waals surface area contributed by atoms with Crippen LogP contribution in [-0.4, -0.2) is 24.1 Å². The van der Waals surface area contributed by atoms with Crippen molar-refractivity contribution >= 4 is 5.82 Å². The molecule has 3 rings (SSSR count). The van der Waals surface area contributed by atoms with Crippen LogP contribution in [0.4, 0.5) is 5.82 Å². The third kappa shape index (κ3) is 2.24. The van der Waals surface area contributed by atoms with Crippen LogP contribution in [0.2, 0.25) is 0 Å². The Labute approximate surface area is 110 Å². The number of hydrogen-bond acceptors (Lipinski definition) is 3. The number of hydrogen-bond donors (Lipinski definition) is 1. The van der Waals surface area contributed by atoms with E-state index in [1.54, 1.807) is 0 Å². The van der Waals surface area contributed by atoms with Crippen molar-refractivity contribution < 1.29 is 0 Å². The van der Waals surface area contributed by atoms with E-state index in [0.717, 1.165) is 30.7 Å². The Balaban J connectivity index is 1.81. The summed E-state index contributed by atoms with van der Waals surface area (Å²) in [7, 11) is 0. The molecule has 18 heavy (non-hydrogen) atoms. The molecule has 2 heterocycles. The number of aromatic nitrogens is 1. The van der Waals surface area contributed by atoms with Gasteiger partial charge in [0.05, 0.1) is 0 Å². The predicted octanol–water partition coefficient (Wildman–Crippen LogP) is 2.49. The number of anilines is 1. The van der Waals surface area contributed by atoms with Crippen LogP contribution < -0.4 is 10.2 Å². The molecule has 2 bridgehead atoms. The Kier molecular flexibility index (Phi) is 3.25. The second-order valence-corrected chi connectivity index (χ2v) is 5.74. The highest BCUT2D eigenvalue weighted by molar-refractivity contribution is 5.46. The number of nitrogens with one attached hydrogen (secondary N) is 1. The van der Waals surface area contributed by atoms with E-state index in [1.807, 2.05) is 0 Å². The molecule has 2 unspecified atom stereocenters. The van der Waals surface area contributed by atoms with Gasteiger partial charge in [-0.1, -0.05) is 6.92 Å². The zero-order valence-corrected chi connectivity index (χ0v) is 11.4. The molecule has 0 aromatic carbocycles. The highest BCUT2D eigenvalue weighted by Gasteiger charge is 2.38. The summed E-state index contributed by atoms with van der Waals surface area (Å²) in [4.78, 5) is 7.28. The van der Waals surface area contributed by atoms with Crippen LogP contribution in [0.1, 0.15) is 37.4 Å². The highest BCUT2D eigenvalue weighted by Crippen LogP contribution is 2.39. The molecule has 0 radical (unpaired) electrons. The second kappa shape index (κ2) is 4.88. The van der Waals surface area contributed by atoms with E-state index >= 15 is 0 Å². The van der Waals surface area contributed by atoms with E-state index in [1.165, 1.54) is 37.2 Å². The van der Waals surface area contributed by atoms with E-state index in [2.05, 4.69) is 36.2 Å². The Hall–Kier alpha value is -1.09.